The zero-order valence-corrected chi connectivity index (χ0v) is 13.9. The molecule has 0 saturated carbocycles. The van der Waals surface area contributed by atoms with Crippen molar-refractivity contribution in [2.45, 2.75) is 25.8 Å². The van der Waals surface area contributed by atoms with Gasteiger partial charge in [0.15, 0.2) is 0 Å². The molecule has 2 atom stereocenters. The maximum absolute atomic E-state index is 12.8. The van der Waals surface area contributed by atoms with E-state index in [0.717, 1.165) is 29.7 Å². The zero-order chi connectivity index (χ0) is 16.9. The van der Waals surface area contributed by atoms with E-state index in [-0.39, 0.29) is 18.7 Å². The lowest BCUT2D eigenvalue weighted by atomic mass is 9.91. The number of pyridine rings is 1. The molecule has 0 aliphatic carbocycles. The van der Waals surface area contributed by atoms with Gasteiger partial charge < -0.3 is 15.3 Å². The predicted molar refractivity (Wildman–Crippen MR) is 94.7 cm³/mol. The van der Waals surface area contributed by atoms with Crippen LogP contribution >= 0.6 is 0 Å². The zero-order valence-electron chi connectivity index (χ0n) is 13.9. The fourth-order valence-electron chi connectivity index (χ4n) is 3.34. The molecule has 1 fully saturated rings. The molecule has 2 unspecified atom stereocenters. The summed E-state index contributed by atoms with van der Waals surface area (Å²) in [5.41, 5.74) is 2.73. The van der Waals surface area contributed by atoms with Crippen LogP contribution in [0.4, 0.5) is 10.5 Å². The van der Waals surface area contributed by atoms with Crippen molar-refractivity contribution in [3.63, 3.8) is 0 Å². The first-order chi connectivity index (χ1) is 11.7. The van der Waals surface area contributed by atoms with Gasteiger partial charge in [-0.1, -0.05) is 25.1 Å². The van der Waals surface area contributed by atoms with Crippen molar-refractivity contribution in [1.82, 2.24) is 9.88 Å². The number of carbonyl (C=O) groups is 1. The second-order valence-electron chi connectivity index (χ2n) is 6.27. The van der Waals surface area contributed by atoms with Crippen molar-refractivity contribution >= 4 is 11.7 Å². The molecule has 2 amide bonds. The van der Waals surface area contributed by atoms with Gasteiger partial charge in [-0.3, -0.25) is 4.98 Å². The molecule has 2 aromatic rings. The summed E-state index contributed by atoms with van der Waals surface area (Å²) in [4.78, 5) is 18.6. The first-order valence-corrected chi connectivity index (χ1v) is 8.38. The Bertz CT molecular complexity index is 690. The minimum atomic E-state index is -0.151. The molecular weight excluding hydrogens is 302 g/mol. The minimum Gasteiger partial charge on any atom is -0.394 e. The minimum absolute atomic E-state index is 0.000584. The SMILES string of the molecule is CC1CCCN(C(=O)Nc2ccccc2-c2ccncc2)C1CO. The normalized spacial score (nSPS) is 20.7. The summed E-state index contributed by atoms with van der Waals surface area (Å²) >= 11 is 0. The molecule has 1 aromatic carbocycles. The first-order valence-electron chi connectivity index (χ1n) is 8.38. The average molecular weight is 325 g/mol. The molecule has 1 saturated heterocycles. The first kappa shape index (κ1) is 16.5. The van der Waals surface area contributed by atoms with Crippen LogP contribution in [-0.2, 0) is 0 Å². The van der Waals surface area contributed by atoms with Crippen molar-refractivity contribution in [2.24, 2.45) is 5.92 Å². The Morgan fingerprint density at radius 3 is 2.79 bits per heavy atom. The predicted octanol–water partition coefficient (Wildman–Crippen LogP) is 3.37. The van der Waals surface area contributed by atoms with E-state index < -0.39 is 0 Å². The molecule has 5 nitrogen and oxygen atoms in total. The molecule has 0 bridgehead atoms. The number of aromatic nitrogens is 1. The van der Waals surface area contributed by atoms with E-state index in [0.29, 0.717) is 12.5 Å². The standard InChI is InChI=1S/C19H23N3O2/c1-14-5-4-12-22(18(14)13-23)19(24)21-17-7-3-2-6-16(17)15-8-10-20-11-9-15/h2-3,6-11,14,18,23H,4-5,12-13H2,1H3,(H,21,24). The highest BCUT2D eigenvalue weighted by molar-refractivity contribution is 5.94. The third-order valence-electron chi connectivity index (χ3n) is 4.72. The van der Waals surface area contributed by atoms with Gasteiger partial charge >= 0.3 is 6.03 Å². The van der Waals surface area contributed by atoms with Crippen LogP contribution in [0.2, 0.25) is 0 Å². The summed E-state index contributed by atoms with van der Waals surface area (Å²) < 4.78 is 0. The Kier molecular flexibility index (Phi) is 5.11. The summed E-state index contributed by atoms with van der Waals surface area (Å²) in [5.74, 6) is 0.310. The summed E-state index contributed by atoms with van der Waals surface area (Å²) in [5, 5.41) is 12.7. The second-order valence-corrected chi connectivity index (χ2v) is 6.27. The third kappa shape index (κ3) is 3.41. The molecule has 0 spiro atoms. The maximum atomic E-state index is 12.8. The number of para-hydroxylation sites is 1. The second kappa shape index (κ2) is 7.45. The molecular formula is C19H23N3O2. The quantitative estimate of drug-likeness (QED) is 0.909. The molecule has 2 heterocycles. The van der Waals surface area contributed by atoms with Crippen molar-refractivity contribution in [1.29, 1.82) is 0 Å². The smallest absolute Gasteiger partial charge is 0.322 e. The Hall–Kier alpha value is -2.40. The Morgan fingerprint density at radius 1 is 1.29 bits per heavy atom. The van der Waals surface area contributed by atoms with Crippen LogP contribution in [0.25, 0.3) is 11.1 Å². The van der Waals surface area contributed by atoms with Crippen LogP contribution in [0.15, 0.2) is 48.8 Å². The monoisotopic (exact) mass is 325 g/mol. The number of carbonyl (C=O) groups excluding carboxylic acids is 1. The Morgan fingerprint density at radius 2 is 2.04 bits per heavy atom. The molecule has 1 aromatic heterocycles. The molecule has 5 heteroatoms. The van der Waals surface area contributed by atoms with Crippen molar-refractivity contribution in [3.05, 3.63) is 48.8 Å². The topological polar surface area (TPSA) is 65.5 Å². The molecule has 24 heavy (non-hydrogen) atoms. The number of anilines is 1. The lowest BCUT2D eigenvalue weighted by Gasteiger charge is -2.39. The van der Waals surface area contributed by atoms with Crippen LogP contribution in [0.3, 0.4) is 0 Å². The maximum Gasteiger partial charge on any atom is 0.322 e. The summed E-state index contributed by atoms with van der Waals surface area (Å²) in [6.07, 6.45) is 5.49. The number of rotatable bonds is 3. The summed E-state index contributed by atoms with van der Waals surface area (Å²) in [6, 6.07) is 11.3. The number of aliphatic hydroxyl groups is 1. The molecule has 126 valence electrons. The number of hydrogen-bond acceptors (Lipinski definition) is 3. The van der Waals surface area contributed by atoms with E-state index in [9.17, 15) is 9.90 Å². The van der Waals surface area contributed by atoms with Crippen LogP contribution in [0.5, 0.6) is 0 Å². The number of hydrogen-bond donors (Lipinski definition) is 2. The molecule has 0 radical (unpaired) electrons. The van der Waals surface area contributed by atoms with E-state index in [1.807, 2.05) is 36.4 Å². The molecule has 1 aliphatic heterocycles. The van der Waals surface area contributed by atoms with Crippen molar-refractivity contribution in [2.75, 3.05) is 18.5 Å². The fraction of sp³-hybridized carbons (Fsp3) is 0.368. The number of amides is 2. The number of nitrogens with one attached hydrogen (secondary N) is 1. The van der Waals surface area contributed by atoms with Gasteiger partial charge in [0.1, 0.15) is 0 Å². The van der Waals surface area contributed by atoms with Crippen molar-refractivity contribution < 1.29 is 9.90 Å². The Balaban J connectivity index is 1.82. The largest absolute Gasteiger partial charge is 0.394 e. The van der Waals surface area contributed by atoms with Gasteiger partial charge in [-0.15, -0.1) is 0 Å². The number of nitrogens with zero attached hydrogens (tertiary/aromatic N) is 2. The lowest BCUT2D eigenvalue weighted by Crippen LogP contribution is -2.51. The summed E-state index contributed by atoms with van der Waals surface area (Å²) in [6.45, 7) is 2.77. The number of urea groups is 1. The summed E-state index contributed by atoms with van der Waals surface area (Å²) in [7, 11) is 0. The molecule has 3 rings (SSSR count). The van der Waals surface area contributed by atoms with Crippen LogP contribution < -0.4 is 5.32 Å². The Labute approximate surface area is 142 Å². The fourth-order valence-corrected chi connectivity index (χ4v) is 3.34. The van der Waals surface area contributed by atoms with Gasteiger partial charge in [0, 0.05) is 24.5 Å². The number of benzene rings is 1. The van der Waals surface area contributed by atoms with E-state index in [4.69, 9.17) is 0 Å². The van der Waals surface area contributed by atoms with Gasteiger partial charge in [0.05, 0.1) is 18.3 Å². The molecule has 1 aliphatic rings. The lowest BCUT2D eigenvalue weighted by molar-refractivity contribution is 0.0811. The van der Waals surface area contributed by atoms with Gasteiger partial charge in [-0.05, 0) is 42.5 Å². The number of likely N-dealkylation sites (tertiary alicyclic amines) is 1. The van der Waals surface area contributed by atoms with Gasteiger partial charge in [0.25, 0.3) is 0 Å². The highest BCUT2D eigenvalue weighted by Gasteiger charge is 2.31. The van der Waals surface area contributed by atoms with E-state index >= 15 is 0 Å². The van der Waals surface area contributed by atoms with Gasteiger partial charge in [-0.25, -0.2) is 4.79 Å². The van der Waals surface area contributed by atoms with Crippen LogP contribution in [-0.4, -0.2) is 40.2 Å². The van der Waals surface area contributed by atoms with Crippen LogP contribution in [0, 0.1) is 5.92 Å². The van der Waals surface area contributed by atoms with E-state index in [1.165, 1.54) is 0 Å². The highest BCUT2D eigenvalue weighted by atomic mass is 16.3. The van der Waals surface area contributed by atoms with Gasteiger partial charge in [0.2, 0.25) is 0 Å². The number of aliphatic hydroxyl groups excluding tert-OH is 1. The van der Waals surface area contributed by atoms with Gasteiger partial charge in [-0.2, -0.15) is 0 Å². The molecule has 2 N–H and O–H groups in total. The van der Waals surface area contributed by atoms with E-state index in [1.54, 1.807) is 17.3 Å². The third-order valence-corrected chi connectivity index (χ3v) is 4.72. The van der Waals surface area contributed by atoms with Crippen molar-refractivity contribution in [3.8, 4) is 11.1 Å². The number of piperidine rings is 1. The van der Waals surface area contributed by atoms with Crippen LogP contribution in [0.1, 0.15) is 19.8 Å². The van der Waals surface area contributed by atoms with E-state index in [2.05, 4.69) is 17.2 Å². The average Bonchev–Trinajstić information content (AvgIpc) is 2.62. The highest BCUT2D eigenvalue weighted by Crippen LogP contribution is 2.29.